The molecule has 1 aromatic carbocycles. The third-order valence-corrected chi connectivity index (χ3v) is 8.41. The number of fused-ring (bicyclic) bond motifs is 1. The second-order valence-corrected chi connectivity index (χ2v) is 11.5. The van der Waals surface area contributed by atoms with Crippen LogP contribution in [0.4, 0.5) is 0 Å². The van der Waals surface area contributed by atoms with Gasteiger partial charge >= 0.3 is 0 Å². The summed E-state index contributed by atoms with van der Waals surface area (Å²) in [4.78, 5) is 31.5. The number of piperidine rings is 1. The number of rotatable bonds is 9. The standard InChI is InChI=1S/C31H43N3O3/c1-20-18-21(2)32-30(36)25(20)12-13-28(35)29-23(4)34(27-11-9-8-10-26(27)29)22(3)24-14-16-33(17-15-24)19-31(5,6)37-7/h8-11,18,22,24H,12-17,19H2,1-7H3,(H,32,36)/t22-/m1/s1. The first-order valence-electron chi connectivity index (χ1n) is 13.6. The Morgan fingerprint density at radius 3 is 2.49 bits per heavy atom. The van der Waals surface area contributed by atoms with Crippen molar-refractivity contribution in [3.63, 3.8) is 0 Å². The number of ether oxygens (including phenoxy) is 1. The number of aryl methyl sites for hydroxylation is 2. The predicted molar refractivity (Wildman–Crippen MR) is 151 cm³/mol. The molecular formula is C31H43N3O3. The second-order valence-electron chi connectivity index (χ2n) is 11.5. The van der Waals surface area contributed by atoms with E-state index in [0.717, 1.165) is 65.9 Å². The van der Waals surface area contributed by atoms with Gasteiger partial charge in [0.2, 0.25) is 0 Å². The van der Waals surface area contributed by atoms with E-state index in [1.54, 1.807) is 7.11 Å². The van der Waals surface area contributed by atoms with Crippen molar-refractivity contribution < 1.29 is 9.53 Å². The number of aromatic nitrogens is 2. The molecule has 6 nitrogen and oxygen atoms in total. The number of nitrogens with one attached hydrogen (secondary N) is 1. The van der Waals surface area contributed by atoms with Crippen molar-refractivity contribution in [2.45, 2.75) is 78.9 Å². The monoisotopic (exact) mass is 505 g/mol. The average Bonchev–Trinajstić information content (AvgIpc) is 3.14. The smallest absolute Gasteiger partial charge is 0.251 e. The van der Waals surface area contributed by atoms with Gasteiger partial charge in [-0.05, 0) is 97.5 Å². The number of likely N-dealkylation sites (tertiary alicyclic amines) is 1. The predicted octanol–water partition coefficient (Wildman–Crippen LogP) is 5.77. The Bertz CT molecular complexity index is 1330. The molecule has 1 aliphatic heterocycles. The molecule has 1 aliphatic rings. The normalized spacial score (nSPS) is 16.4. The largest absolute Gasteiger partial charge is 0.377 e. The Balaban J connectivity index is 1.55. The summed E-state index contributed by atoms with van der Waals surface area (Å²) in [6.07, 6.45) is 3.03. The molecule has 4 rings (SSSR count). The molecule has 1 saturated heterocycles. The average molecular weight is 506 g/mol. The second kappa shape index (κ2) is 11.0. The molecule has 3 aromatic rings. The van der Waals surface area contributed by atoms with Gasteiger partial charge in [0, 0.05) is 59.5 Å². The maximum atomic E-state index is 13.6. The van der Waals surface area contributed by atoms with E-state index in [-0.39, 0.29) is 16.9 Å². The number of carbonyl (C=O) groups is 1. The lowest BCUT2D eigenvalue weighted by atomic mass is 9.89. The maximum absolute atomic E-state index is 13.6. The molecule has 0 unspecified atom stereocenters. The molecule has 0 radical (unpaired) electrons. The molecule has 0 bridgehead atoms. The molecule has 200 valence electrons. The quantitative estimate of drug-likeness (QED) is 0.375. The molecule has 6 heteroatoms. The molecule has 1 fully saturated rings. The van der Waals surface area contributed by atoms with Crippen molar-refractivity contribution in [3.8, 4) is 0 Å². The van der Waals surface area contributed by atoms with Crippen LogP contribution in [0, 0.1) is 26.7 Å². The maximum Gasteiger partial charge on any atom is 0.251 e. The molecule has 0 aliphatic carbocycles. The van der Waals surface area contributed by atoms with Gasteiger partial charge in [0.15, 0.2) is 5.78 Å². The molecule has 1 atom stereocenters. The highest BCUT2D eigenvalue weighted by Crippen LogP contribution is 2.36. The molecule has 3 heterocycles. The molecule has 37 heavy (non-hydrogen) atoms. The lowest BCUT2D eigenvalue weighted by molar-refractivity contribution is -0.0162. The summed E-state index contributed by atoms with van der Waals surface area (Å²) in [5, 5.41) is 1.02. The van der Waals surface area contributed by atoms with Crippen LogP contribution in [0.25, 0.3) is 10.9 Å². The number of hydrogen-bond acceptors (Lipinski definition) is 4. The minimum absolute atomic E-state index is 0.0849. The molecule has 0 amide bonds. The Kier molecular flexibility index (Phi) is 8.10. The van der Waals surface area contributed by atoms with E-state index in [9.17, 15) is 9.59 Å². The van der Waals surface area contributed by atoms with Gasteiger partial charge in [0.05, 0.1) is 5.60 Å². The fraction of sp³-hybridized carbons (Fsp3) is 0.548. The summed E-state index contributed by atoms with van der Waals surface area (Å²) < 4.78 is 8.04. The third kappa shape index (κ3) is 5.75. The Morgan fingerprint density at radius 1 is 1.16 bits per heavy atom. The number of pyridine rings is 1. The summed E-state index contributed by atoms with van der Waals surface area (Å²) in [6, 6.07) is 10.6. The third-order valence-electron chi connectivity index (χ3n) is 8.41. The summed E-state index contributed by atoms with van der Waals surface area (Å²) in [6.45, 7) is 15.6. The van der Waals surface area contributed by atoms with Gasteiger partial charge in [-0.15, -0.1) is 0 Å². The summed E-state index contributed by atoms with van der Waals surface area (Å²) in [7, 11) is 1.79. The van der Waals surface area contributed by atoms with Crippen LogP contribution in [0.2, 0.25) is 0 Å². The van der Waals surface area contributed by atoms with Gasteiger partial charge in [0.25, 0.3) is 5.56 Å². The van der Waals surface area contributed by atoms with Crippen molar-refractivity contribution in [3.05, 3.63) is 68.8 Å². The van der Waals surface area contributed by atoms with Crippen LogP contribution in [-0.4, -0.2) is 52.6 Å². The number of Topliss-reactive ketones (excluding diaryl/α,β-unsaturated/α-hetero) is 1. The number of nitrogens with zero attached hydrogens (tertiary/aromatic N) is 2. The number of hydrogen-bond donors (Lipinski definition) is 1. The van der Waals surface area contributed by atoms with Gasteiger partial charge in [-0.25, -0.2) is 0 Å². The van der Waals surface area contributed by atoms with E-state index in [0.29, 0.717) is 30.4 Å². The summed E-state index contributed by atoms with van der Waals surface area (Å²) in [5.74, 6) is 0.656. The molecular weight excluding hydrogens is 462 g/mol. The number of aromatic amines is 1. The SMILES string of the molecule is COC(C)(C)CN1CCC([C@@H](C)n2c(C)c(C(=O)CCc3c(C)cc(C)[nH]c3=O)c3ccccc32)CC1. The van der Waals surface area contributed by atoms with Crippen LogP contribution < -0.4 is 5.56 Å². The summed E-state index contributed by atoms with van der Waals surface area (Å²) in [5.41, 5.74) is 5.25. The first-order chi connectivity index (χ1) is 17.5. The lowest BCUT2D eigenvalue weighted by Gasteiger charge is -2.39. The zero-order valence-electron chi connectivity index (χ0n) is 23.6. The number of methoxy groups -OCH3 is 1. The Labute approximate surface area is 221 Å². The first-order valence-corrected chi connectivity index (χ1v) is 13.6. The fourth-order valence-electron chi connectivity index (χ4n) is 6.23. The van der Waals surface area contributed by atoms with Crippen LogP contribution in [0.3, 0.4) is 0 Å². The van der Waals surface area contributed by atoms with Gasteiger partial charge in [-0.2, -0.15) is 0 Å². The van der Waals surface area contributed by atoms with E-state index in [4.69, 9.17) is 4.74 Å². The van der Waals surface area contributed by atoms with Gasteiger partial charge < -0.3 is 19.2 Å². The van der Waals surface area contributed by atoms with Crippen LogP contribution in [0.1, 0.15) is 78.9 Å². The first kappa shape index (κ1) is 27.3. The zero-order chi connectivity index (χ0) is 26.9. The topological polar surface area (TPSA) is 67.3 Å². The number of H-pyrrole nitrogens is 1. The Hall–Kier alpha value is -2.70. The molecule has 0 saturated carbocycles. The van der Waals surface area contributed by atoms with Gasteiger partial charge in [-0.3, -0.25) is 9.59 Å². The van der Waals surface area contributed by atoms with E-state index in [1.807, 2.05) is 26.0 Å². The molecule has 0 spiro atoms. The van der Waals surface area contributed by atoms with E-state index < -0.39 is 0 Å². The van der Waals surface area contributed by atoms with Crippen LogP contribution in [0.5, 0.6) is 0 Å². The lowest BCUT2D eigenvalue weighted by Crippen LogP contribution is -2.44. The number of benzene rings is 1. The highest BCUT2D eigenvalue weighted by molar-refractivity contribution is 6.09. The van der Waals surface area contributed by atoms with E-state index in [2.05, 4.69) is 60.3 Å². The van der Waals surface area contributed by atoms with Crippen molar-refractivity contribution in [2.24, 2.45) is 5.92 Å². The molecule has 2 aromatic heterocycles. The van der Waals surface area contributed by atoms with Crippen molar-refractivity contribution in [1.29, 1.82) is 0 Å². The Morgan fingerprint density at radius 2 is 1.84 bits per heavy atom. The fourth-order valence-corrected chi connectivity index (χ4v) is 6.23. The number of carbonyl (C=O) groups excluding carboxylic acids is 1. The summed E-state index contributed by atoms with van der Waals surface area (Å²) >= 11 is 0. The van der Waals surface area contributed by atoms with Crippen LogP contribution in [-0.2, 0) is 11.2 Å². The van der Waals surface area contributed by atoms with Crippen molar-refractivity contribution in [2.75, 3.05) is 26.7 Å². The highest BCUT2D eigenvalue weighted by Gasteiger charge is 2.31. The van der Waals surface area contributed by atoms with E-state index >= 15 is 0 Å². The van der Waals surface area contributed by atoms with Crippen LogP contribution >= 0.6 is 0 Å². The minimum Gasteiger partial charge on any atom is -0.377 e. The number of ketones is 1. The number of para-hydroxylation sites is 1. The molecule has 1 N–H and O–H groups in total. The van der Waals surface area contributed by atoms with Gasteiger partial charge in [-0.1, -0.05) is 18.2 Å². The van der Waals surface area contributed by atoms with Crippen molar-refractivity contribution >= 4 is 16.7 Å². The van der Waals surface area contributed by atoms with Crippen molar-refractivity contribution in [1.82, 2.24) is 14.5 Å². The zero-order valence-corrected chi connectivity index (χ0v) is 23.6. The minimum atomic E-state index is -0.136. The van der Waals surface area contributed by atoms with Gasteiger partial charge in [0.1, 0.15) is 0 Å². The highest BCUT2D eigenvalue weighted by atomic mass is 16.5. The van der Waals surface area contributed by atoms with E-state index in [1.165, 1.54) is 0 Å². The van der Waals surface area contributed by atoms with Crippen LogP contribution in [0.15, 0.2) is 35.1 Å².